The number of nitrogens with one attached hydrogen (secondary N) is 1. The van der Waals surface area contributed by atoms with E-state index in [9.17, 15) is 13.6 Å². The Morgan fingerprint density at radius 3 is 1.79 bits per heavy atom. The maximum atomic E-state index is 13.7. The van der Waals surface area contributed by atoms with Crippen molar-refractivity contribution < 1.29 is 13.6 Å². The van der Waals surface area contributed by atoms with Gasteiger partial charge in [-0.2, -0.15) is 0 Å². The Hall–Kier alpha value is -2.07. The van der Waals surface area contributed by atoms with Crippen molar-refractivity contribution in [3.63, 3.8) is 0 Å². The smallest absolute Gasteiger partial charge is 0.142 e. The standard InChI is InChI=1S/C20H19F2NO/c21-14-6-1-4-12(10-14)18-16-8-3-9-17(20(16)24)19(23-18)13-5-2-7-15(22)11-13/h1-2,4-7,10-11,16-19,23H,3,8-9H2/t16-,17+,18+,19-. The van der Waals surface area contributed by atoms with Crippen LogP contribution in [0.3, 0.4) is 0 Å². The van der Waals surface area contributed by atoms with Crippen LogP contribution in [0.25, 0.3) is 0 Å². The average Bonchev–Trinajstić information content (AvgIpc) is 2.55. The Morgan fingerprint density at radius 1 is 0.833 bits per heavy atom. The maximum Gasteiger partial charge on any atom is 0.142 e. The van der Waals surface area contributed by atoms with Gasteiger partial charge >= 0.3 is 0 Å². The zero-order valence-electron chi connectivity index (χ0n) is 13.2. The summed E-state index contributed by atoms with van der Waals surface area (Å²) in [5.74, 6) is -0.641. The normalized spacial score (nSPS) is 29.5. The molecule has 0 unspecified atom stereocenters. The van der Waals surface area contributed by atoms with E-state index in [1.807, 2.05) is 12.1 Å². The van der Waals surface area contributed by atoms with Crippen LogP contribution >= 0.6 is 0 Å². The average molecular weight is 327 g/mol. The van der Waals surface area contributed by atoms with Crippen molar-refractivity contribution in [1.82, 2.24) is 5.32 Å². The molecular formula is C20H19F2NO. The summed E-state index contributed by atoms with van der Waals surface area (Å²) in [5.41, 5.74) is 1.57. The molecule has 2 bridgehead atoms. The van der Waals surface area contributed by atoms with Crippen molar-refractivity contribution in [2.24, 2.45) is 11.8 Å². The summed E-state index contributed by atoms with van der Waals surface area (Å²) in [5, 5.41) is 3.52. The largest absolute Gasteiger partial charge is 0.302 e. The van der Waals surface area contributed by atoms with Gasteiger partial charge in [0, 0.05) is 23.9 Å². The van der Waals surface area contributed by atoms with E-state index in [4.69, 9.17) is 0 Å². The SMILES string of the molecule is O=C1[C@H]2CCC[C@@H]1[C@H](c1cccc(F)c1)N[C@@H]2c1cccc(F)c1. The quantitative estimate of drug-likeness (QED) is 0.889. The van der Waals surface area contributed by atoms with Crippen molar-refractivity contribution in [3.8, 4) is 0 Å². The molecule has 2 nitrogen and oxygen atoms in total. The first-order valence-electron chi connectivity index (χ1n) is 8.44. The molecule has 0 amide bonds. The summed E-state index contributed by atoms with van der Waals surface area (Å²) in [7, 11) is 0. The number of hydrogen-bond acceptors (Lipinski definition) is 2. The molecule has 0 radical (unpaired) electrons. The van der Waals surface area contributed by atoms with Crippen molar-refractivity contribution in [1.29, 1.82) is 0 Å². The molecule has 1 aliphatic heterocycles. The lowest BCUT2D eigenvalue weighted by Crippen LogP contribution is -2.50. The van der Waals surface area contributed by atoms with Crippen molar-refractivity contribution in [3.05, 3.63) is 71.3 Å². The summed E-state index contributed by atoms with van der Waals surface area (Å²) in [6.45, 7) is 0. The first kappa shape index (κ1) is 15.5. The Morgan fingerprint density at radius 2 is 1.33 bits per heavy atom. The molecular weight excluding hydrogens is 308 g/mol. The predicted molar refractivity (Wildman–Crippen MR) is 87.3 cm³/mol. The number of Topliss-reactive ketones (excluding diaryl/α,β-unsaturated/α-hetero) is 1. The van der Waals surface area contributed by atoms with Gasteiger partial charge in [-0.3, -0.25) is 4.79 Å². The van der Waals surface area contributed by atoms with Gasteiger partial charge in [0.25, 0.3) is 0 Å². The molecule has 1 heterocycles. The van der Waals surface area contributed by atoms with Gasteiger partial charge in [-0.15, -0.1) is 0 Å². The number of rotatable bonds is 2. The van der Waals surface area contributed by atoms with Crippen LogP contribution in [0.2, 0.25) is 0 Å². The highest BCUT2D eigenvalue weighted by atomic mass is 19.1. The van der Waals surface area contributed by atoms with E-state index in [1.165, 1.54) is 24.3 Å². The molecule has 2 aromatic carbocycles. The predicted octanol–water partition coefficient (Wildman–Crippen LogP) is 4.34. The number of benzene rings is 2. The molecule has 124 valence electrons. The highest BCUT2D eigenvalue weighted by Crippen LogP contribution is 2.45. The molecule has 4 heteroatoms. The molecule has 1 saturated heterocycles. The Balaban J connectivity index is 1.74. The fourth-order valence-corrected chi connectivity index (χ4v) is 4.26. The van der Waals surface area contributed by atoms with Gasteiger partial charge in [-0.05, 0) is 48.2 Å². The van der Waals surface area contributed by atoms with Gasteiger partial charge < -0.3 is 5.32 Å². The minimum Gasteiger partial charge on any atom is -0.302 e. The van der Waals surface area contributed by atoms with Crippen molar-refractivity contribution in [2.45, 2.75) is 31.3 Å². The van der Waals surface area contributed by atoms with E-state index >= 15 is 0 Å². The fourth-order valence-electron chi connectivity index (χ4n) is 4.26. The van der Waals surface area contributed by atoms with Crippen LogP contribution in [-0.2, 0) is 4.79 Å². The monoisotopic (exact) mass is 327 g/mol. The van der Waals surface area contributed by atoms with Crippen LogP contribution in [0.1, 0.15) is 42.5 Å². The summed E-state index contributed by atoms with van der Waals surface area (Å²) in [4.78, 5) is 12.9. The number of carbonyl (C=O) groups is 1. The maximum absolute atomic E-state index is 13.7. The second-order valence-electron chi connectivity index (χ2n) is 6.78. The fraction of sp³-hybridized carbons (Fsp3) is 0.350. The van der Waals surface area contributed by atoms with Crippen LogP contribution in [0.5, 0.6) is 0 Å². The van der Waals surface area contributed by atoms with Gasteiger partial charge in [0.2, 0.25) is 0 Å². The second kappa shape index (κ2) is 6.10. The topological polar surface area (TPSA) is 29.1 Å². The summed E-state index contributed by atoms with van der Waals surface area (Å²) < 4.78 is 27.3. The molecule has 2 aliphatic rings. The zero-order valence-corrected chi connectivity index (χ0v) is 13.2. The van der Waals surface area contributed by atoms with Crippen LogP contribution in [0.4, 0.5) is 8.78 Å². The van der Waals surface area contributed by atoms with Gasteiger partial charge in [0.05, 0.1) is 0 Å². The Labute approximate surface area is 139 Å². The Bertz CT molecular complexity index is 714. The van der Waals surface area contributed by atoms with Gasteiger partial charge in [0.15, 0.2) is 0 Å². The molecule has 0 aromatic heterocycles. The van der Waals surface area contributed by atoms with E-state index in [0.29, 0.717) is 0 Å². The lowest BCUT2D eigenvalue weighted by Gasteiger charge is -2.45. The molecule has 4 atom stereocenters. The minimum absolute atomic E-state index is 0.129. The third-order valence-corrected chi connectivity index (χ3v) is 5.34. The van der Waals surface area contributed by atoms with Crippen LogP contribution < -0.4 is 5.32 Å². The number of fused-ring (bicyclic) bond motifs is 2. The first-order chi connectivity index (χ1) is 11.6. The Kier molecular flexibility index (Phi) is 3.93. The number of ketones is 1. The van der Waals surface area contributed by atoms with E-state index in [2.05, 4.69) is 5.32 Å². The summed E-state index contributed by atoms with van der Waals surface area (Å²) >= 11 is 0. The molecule has 1 saturated carbocycles. The molecule has 2 fully saturated rings. The third-order valence-electron chi connectivity index (χ3n) is 5.34. The van der Waals surface area contributed by atoms with E-state index in [1.54, 1.807) is 12.1 Å². The first-order valence-corrected chi connectivity index (χ1v) is 8.44. The van der Waals surface area contributed by atoms with E-state index in [0.717, 1.165) is 30.4 Å². The van der Waals surface area contributed by atoms with Gasteiger partial charge in [-0.1, -0.05) is 30.7 Å². The van der Waals surface area contributed by atoms with Gasteiger partial charge in [-0.25, -0.2) is 8.78 Å². The molecule has 0 spiro atoms. The van der Waals surface area contributed by atoms with Gasteiger partial charge in [0.1, 0.15) is 17.4 Å². The summed E-state index contributed by atoms with van der Waals surface area (Å²) in [6.07, 6.45) is 2.61. The second-order valence-corrected chi connectivity index (χ2v) is 6.78. The number of hydrogen-bond donors (Lipinski definition) is 1. The number of halogens is 2. The molecule has 24 heavy (non-hydrogen) atoms. The van der Waals surface area contributed by atoms with Crippen LogP contribution in [-0.4, -0.2) is 5.78 Å². The molecule has 1 aliphatic carbocycles. The number of piperidine rings is 1. The van der Waals surface area contributed by atoms with E-state index in [-0.39, 0.29) is 41.3 Å². The highest BCUT2D eigenvalue weighted by molar-refractivity contribution is 5.86. The lowest BCUT2D eigenvalue weighted by molar-refractivity contribution is -0.135. The van der Waals surface area contributed by atoms with Crippen molar-refractivity contribution in [2.75, 3.05) is 0 Å². The molecule has 2 aromatic rings. The van der Waals surface area contributed by atoms with E-state index < -0.39 is 0 Å². The minimum atomic E-state index is -0.304. The highest BCUT2D eigenvalue weighted by Gasteiger charge is 2.46. The van der Waals surface area contributed by atoms with Crippen molar-refractivity contribution >= 4 is 5.78 Å². The molecule has 4 rings (SSSR count). The third kappa shape index (κ3) is 2.65. The zero-order chi connectivity index (χ0) is 16.7. The van der Waals surface area contributed by atoms with Crippen LogP contribution in [0.15, 0.2) is 48.5 Å². The lowest BCUT2D eigenvalue weighted by atomic mass is 9.67. The number of carbonyl (C=O) groups excluding carboxylic acids is 1. The summed E-state index contributed by atoms with van der Waals surface area (Å²) in [6, 6.07) is 12.4. The van der Waals surface area contributed by atoms with Crippen LogP contribution in [0, 0.1) is 23.5 Å². The molecule has 1 N–H and O–H groups in total.